The van der Waals surface area contributed by atoms with Crippen molar-refractivity contribution in [1.29, 1.82) is 0 Å². The van der Waals surface area contributed by atoms with E-state index in [-0.39, 0.29) is 14.6 Å². The zero-order chi connectivity index (χ0) is 36.9. The average Bonchev–Trinajstić information content (AvgIpc) is 3.27. The zero-order valence-electron chi connectivity index (χ0n) is 31.4. The van der Waals surface area contributed by atoms with E-state index < -0.39 is 8.24 Å². The molecule has 0 bridgehead atoms. The van der Waals surface area contributed by atoms with Crippen LogP contribution < -0.4 is 23.8 Å². The maximum atomic E-state index is 13.7. The Hall–Kier alpha value is -4.44. The largest absolute Gasteiger partial charge is 0.496 e. The summed E-state index contributed by atoms with van der Waals surface area (Å²) in [5, 5.41) is 2.95. The highest BCUT2D eigenvalue weighted by molar-refractivity contribution is 7.42. The van der Waals surface area contributed by atoms with Crippen LogP contribution in [0.25, 0.3) is 33.1 Å². The Bertz CT molecular complexity index is 2300. The van der Waals surface area contributed by atoms with E-state index >= 15 is 0 Å². The smallest absolute Gasteiger partial charge is 0.453 e. The lowest BCUT2D eigenvalue weighted by Crippen LogP contribution is -2.03. The maximum Gasteiger partial charge on any atom is 0.453 e. The summed E-state index contributed by atoms with van der Waals surface area (Å²) >= 11 is 0. The summed E-state index contributed by atoms with van der Waals surface area (Å²) < 4.78 is 52.9. The normalized spacial score (nSPS) is 11.5. The summed E-state index contributed by atoms with van der Waals surface area (Å²) in [6.07, 6.45) is 0. The number of hydrogen-bond donors (Lipinski definition) is 0. The second-order valence-electron chi connectivity index (χ2n) is 13.3. The van der Waals surface area contributed by atoms with Gasteiger partial charge in [0.05, 0.1) is 14.2 Å². The Kier molecular flexibility index (Phi) is 10.2. The molecule has 5 aromatic carbocycles. The summed E-state index contributed by atoms with van der Waals surface area (Å²) in [5.74, 6) is 2.40. The molecule has 9 heteroatoms. The zero-order valence-corrected chi connectivity index (χ0v) is 33.3. The van der Waals surface area contributed by atoms with Crippen LogP contribution in [0.3, 0.4) is 0 Å². The van der Waals surface area contributed by atoms with Crippen LogP contribution >= 0.6 is 17.0 Å². The number of ether oxygens (including phenoxy) is 2. The maximum absolute atomic E-state index is 13.7. The highest BCUT2D eigenvalue weighted by atomic mass is 31.1. The van der Waals surface area contributed by atoms with E-state index in [9.17, 15) is 4.39 Å². The molecule has 51 heavy (non-hydrogen) atoms. The molecular formula is C42H45FO6P2. The third-order valence-corrected chi connectivity index (χ3v) is 11.7. The number of methoxy groups -OCH3 is 2. The average molecular weight is 727 g/mol. The van der Waals surface area contributed by atoms with Crippen LogP contribution in [0, 0.1) is 75.1 Å². The lowest BCUT2D eigenvalue weighted by atomic mass is 9.90. The molecule has 0 amide bonds. The van der Waals surface area contributed by atoms with Gasteiger partial charge in [-0.2, -0.15) is 0 Å². The van der Waals surface area contributed by atoms with Gasteiger partial charge in [0.25, 0.3) is 0 Å². The summed E-state index contributed by atoms with van der Waals surface area (Å²) in [6, 6.07) is 14.6. The number of hydrogen-bond acceptors (Lipinski definition) is 6. The minimum Gasteiger partial charge on any atom is -0.496 e. The Morgan fingerprint density at radius 3 is 1.47 bits per heavy atom. The Morgan fingerprint density at radius 2 is 1.00 bits per heavy atom. The third kappa shape index (κ3) is 6.59. The quantitative estimate of drug-likeness (QED) is 0.146. The topological polar surface area (TPSA) is 63.2 Å². The first kappa shape index (κ1) is 36.4. The van der Waals surface area contributed by atoms with Crippen molar-refractivity contribution in [3.63, 3.8) is 0 Å². The molecule has 0 aliphatic carbocycles. The molecule has 0 spiro atoms. The Labute approximate surface area is 302 Å². The summed E-state index contributed by atoms with van der Waals surface area (Å²) in [5.41, 5.74) is 13.3. The van der Waals surface area contributed by atoms with Crippen LogP contribution in [0.1, 0.15) is 55.6 Å². The number of aryl methyl sites for hydroxylation is 8. The summed E-state index contributed by atoms with van der Waals surface area (Å²) in [4.78, 5) is 0. The lowest BCUT2D eigenvalue weighted by molar-refractivity contribution is 0.409. The molecule has 6 nitrogen and oxygen atoms in total. The molecule has 266 valence electrons. The van der Waals surface area contributed by atoms with E-state index in [0.29, 0.717) is 23.0 Å². The van der Waals surface area contributed by atoms with Crippen LogP contribution in [0.4, 0.5) is 4.39 Å². The van der Waals surface area contributed by atoms with Crippen molar-refractivity contribution in [2.45, 2.75) is 69.2 Å². The van der Waals surface area contributed by atoms with Gasteiger partial charge in [-0.05, 0) is 150 Å². The molecule has 0 saturated carbocycles. The second-order valence-corrected chi connectivity index (χ2v) is 15.3. The van der Waals surface area contributed by atoms with Crippen molar-refractivity contribution >= 4 is 44.3 Å². The van der Waals surface area contributed by atoms with Crippen LogP contribution in [0.2, 0.25) is 0 Å². The highest BCUT2D eigenvalue weighted by Crippen LogP contribution is 2.52. The van der Waals surface area contributed by atoms with E-state index in [0.717, 1.165) is 82.9 Å². The Balaban J connectivity index is 1.66. The fraction of sp³-hybridized carbons (Fsp3) is 0.286. The lowest BCUT2D eigenvalue weighted by Gasteiger charge is -2.24. The molecule has 6 rings (SSSR count). The van der Waals surface area contributed by atoms with E-state index in [2.05, 4.69) is 53.7 Å². The molecule has 1 atom stereocenters. The molecule has 1 aromatic heterocycles. The Morgan fingerprint density at radius 1 is 0.549 bits per heavy atom. The molecule has 0 fully saturated rings. The SMILES string of the molecule is COc1cc(C)c(OPc2ccc(F)cc2)c(-c2c(C)c(OC)cc(C)c2Op2oc3c(C)cc(C)c(C)c3c3c(C)c(C)cc(C)c3o2)c1C. The van der Waals surface area contributed by atoms with Gasteiger partial charge >= 0.3 is 8.24 Å². The van der Waals surface area contributed by atoms with Gasteiger partial charge in [-0.15, -0.1) is 0 Å². The summed E-state index contributed by atoms with van der Waals surface area (Å²) in [6.45, 7) is 20.7. The minimum absolute atomic E-state index is 0.0708. The van der Waals surface area contributed by atoms with Crippen LogP contribution in [-0.4, -0.2) is 14.2 Å². The van der Waals surface area contributed by atoms with E-state index in [1.807, 2.05) is 39.8 Å². The predicted octanol–water partition coefficient (Wildman–Crippen LogP) is 12.3. The number of fused-ring (bicyclic) bond motifs is 3. The monoisotopic (exact) mass is 726 g/mol. The van der Waals surface area contributed by atoms with Gasteiger partial charge in [0.2, 0.25) is 0 Å². The van der Waals surface area contributed by atoms with Gasteiger partial charge in [0.1, 0.15) is 48.8 Å². The van der Waals surface area contributed by atoms with Crippen LogP contribution in [0.15, 0.2) is 56.9 Å². The van der Waals surface area contributed by atoms with Gasteiger partial charge < -0.3 is 26.9 Å². The fourth-order valence-corrected chi connectivity index (χ4v) is 8.92. The van der Waals surface area contributed by atoms with Crippen molar-refractivity contribution in [3.05, 3.63) is 110 Å². The highest BCUT2D eigenvalue weighted by Gasteiger charge is 2.27. The fourth-order valence-electron chi connectivity index (χ4n) is 6.87. The number of halogens is 1. The van der Waals surface area contributed by atoms with Gasteiger partial charge in [-0.25, -0.2) is 4.39 Å². The predicted molar refractivity (Wildman–Crippen MR) is 210 cm³/mol. The first-order chi connectivity index (χ1) is 24.2. The number of rotatable bonds is 8. The van der Waals surface area contributed by atoms with Crippen molar-refractivity contribution in [1.82, 2.24) is 0 Å². The van der Waals surface area contributed by atoms with Crippen LogP contribution in [0.5, 0.6) is 23.0 Å². The minimum atomic E-state index is -2.01. The van der Waals surface area contributed by atoms with Crippen molar-refractivity contribution in [2.75, 3.05) is 14.2 Å². The summed E-state index contributed by atoms with van der Waals surface area (Å²) in [7, 11) is 1.25. The molecule has 0 radical (unpaired) electrons. The van der Waals surface area contributed by atoms with E-state index in [1.165, 1.54) is 23.3 Å². The van der Waals surface area contributed by atoms with Crippen LogP contribution in [-0.2, 0) is 0 Å². The third-order valence-electron chi connectivity index (χ3n) is 9.88. The van der Waals surface area contributed by atoms with Crippen molar-refractivity contribution in [2.24, 2.45) is 0 Å². The van der Waals surface area contributed by atoms with Gasteiger partial charge in [-0.1, -0.05) is 12.1 Å². The first-order valence-electron chi connectivity index (χ1n) is 16.9. The van der Waals surface area contributed by atoms with Gasteiger partial charge in [0.15, 0.2) is 0 Å². The van der Waals surface area contributed by atoms with Gasteiger partial charge in [-0.3, -0.25) is 0 Å². The molecule has 6 aromatic rings. The molecular weight excluding hydrogens is 681 g/mol. The first-order valence-corrected chi connectivity index (χ1v) is 18.9. The molecule has 0 aliphatic heterocycles. The standard InChI is InChI=1S/C42H45FO6P2/c1-21-17-23(3)40-35(27(21)7)36-28(8)22(2)18-24(4)41(36)48-51(47-40)49-42-26(6)20-34(45-12)30(10)38(42)37-29(9)33(44-11)19-25(5)39(37)46-50-32-15-13-31(43)14-16-32/h13-20,50H,1-12H3. The number of benzene rings is 5. The molecule has 0 aliphatic rings. The molecule has 0 N–H and O–H groups in total. The van der Waals surface area contributed by atoms with Crippen molar-refractivity contribution < 1.29 is 31.3 Å². The molecule has 0 saturated heterocycles. The second kappa shape index (κ2) is 14.3. The van der Waals surface area contributed by atoms with E-state index in [1.54, 1.807) is 26.4 Å². The van der Waals surface area contributed by atoms with Crippen molar-refractivity contribution in [3.8, 4) is 34.1 Å². The molecule has 1 heterocycles. The van der Waals surface area contributed by atoms with Gasteiger partial charge in [0, 0.05) is 38.3 Å². The van der Waals surface area contributed by atoms with E-state index in [4.69, 9.17) is 26.9 Å². The molecule has 1 unspecified atom stereocenters.